The lowest BCUT2D eigenvalue weighted by Gasteiger charge is -2.14. The minimum atomic E-state index is -0.0663. The summed E-state index contributed by atoms with van der Waals surface area (Å²) in [6.07, 6.45) is 0.267. The number of para-hydroxylation sites is 1. The minimum absolute atomic E-state index is 0.0663. The second kappa shape index (κ2) is 10.4. The normalized spacial score (nSPS) is 10.8. The van der Waals surface area contributed by atoms with Gasteiger partial charge < -0.3 is 24.5 Å². The predicted molar refractivity (Wildman–Crippen MR) is 131 cm³/mol. The number of aromatic amines is 1. The molecule has 0 atom stereocenters. The van der Waals surface area contributed by atoms with E-state index in [1.807, 2.05) is 54.6 Å². The number of rotatable bonds is 9. The highest BCUT2D eigenvalue weighted by Crippen LogP contribution is 2.38. The maximum atomic E-state index is 12.9. The van der Waals surface area contributed by atoms with Gasteiger partial charge >= 0.3 is 0 Å². The van der Waals surface area contributed by atoms with Crippen LogP contribution >= 0.6 is 11.8 Å². The molecule has 0 aliphatic rings. The Balaban J connectivity index is 1.53. The molecule has 4 rings (SSSR count). The first-order valence-corrected chi connectivity index (χ1v) is 11.3. The van der Waals surface area contributed by atoms with Crippen LogP contribution in [0.5, 0.6) is 17.2 Å². The third kappa shape index (κ3) is 5.09. The van der Waals surface area contributed by atoms with Gasteiger partial charge in [0, 0.05) is 27.9 Å². The largest absolute Gasteiger partial charge is 0.493 e. The fourth-order valence-corrected chi connectivity index (χ4v) is 4.70. The van der Waals surface area contributed by atoms with Crippen molar-refractivity contribution in [1.29, 1.82) is 0 Å². The molecule has 1 aromatic heterocycles. The van der Waals surface area contributed by atoms with Gasteiger partial charge in [-0.3, -0.25) is 4.79 Å². The van der Waals surface area contributed by atoms with E-state index in [-0.39, 0.29) is 12.3 Å². The van der Waals surface area contributed by atoms with Gasteiger partial charge in [-0.05, 0) is 35.9 Å². The molecule has 0 spiro atoms. The van der Waals surface area contributed by atoms with Gasteiger partial charge in [0.15, 0.2) is 11.5 Å². The number of aromatic nitrogens is 1. The molecule has 0 saturated heterocycles. The van der Waals surface area contributed by atoms with Crippen molar-refractivity contribution < 1.29 is 19.0 Å². The topological polar surface area (TPSA) is 72.6 Å². The number of hydrogen-bond acceptors (Lipinski definition) is 5. The summed E-state index contributed by atoms with van der Waals surface area (Å²) in [4.78, 5) is 17.5. The van der Waals surface area contributed by atoms with E-state index in [4.69, 9.17) is 14.2 Å². The zero-order chi connectivity index (χ0) is 23.2. The summed E-state index contributed by atoms with van der Waals surface area (Å²) >= 11 is 1.63. The maximum Gasteiger partial charge on any atom is 0.224 e. The fraction of sp³-hybridized carbons (Fsp3) is 0.192. The van der Waals surface area contributed by atoms with Crippen LogP contribution in [-0.4, -0.2) is 32.2 Å². The number of H-pyrrole nitrogens is 1. The van der Waals surface area contributed by atoms with Crippen molar-refractivity contribution in [1.82, 2.24) is 10.3 Å². The van der Waals surface area contributed by atoms with Crippen LogP contribution in [-0.2, 0) is 17.8 Å². The van der Waals surface area contributed by atoms with Crippen LogP contribution in [0.2, 0.25) is 0 Å². The molecular formula is C26H26N2O4S. The van der Waals surface area contributed by atoms with Gasteiger partial charge in [-0.15, -0.1) is 0 Å². The Morgan fingerprint density at radius 2 is 1.58 bits per heavy atom. The average Bonchev–Trinajstić information content (AvgIpc) is 3.19. The highest BCUT2D eigenvalue weighted by atomic mass is 32.2. The van der Waals surface area contributed by atoms with Gasteiger partial charge in [-0.25, -0.2) is 0 Å². The summed E-state index contributed by atoms with van der Waals surface area (Å²) in [5.74, 6) is 1.57. The first-order chi connectivity index (χ1) is 16.1. The summed E-state index contributed by atoms with van der Waals surface area (Å²) in [6.45, 7) is 0.346. The van der Waals surface area contributed by atoms with Crippen LogP contribution in [0.15, 0.2) is 76.7 Å². The highest BCUT2D eigenvalue weighted by molar-refractivity contribution is 7.99. The molecule has 0 radical (unpaired) electrons. The number of fused-ring (bicyclic) bond motifs is 1. The number of carbonyl (C=O) groups is 1. The standard InChI is InChI=1S/C26H26N2O4S/c1-30-22-13-17(14-23(31-2)25(22)32-3)16-27-24(29)15-20-19-11-7-8-12-21(19)28-26(20)33-18-9-5-4-6-10-18/h4-14,28H,15-16H2,1-3H3,(H,27,29). The first kappa shape index (κ1) is 22.6. The molecule has 3 aromatic carbocycles. The monoisotopic (exact) mass is 462 g/mol. The van der Waals surface area contributed by atoms with Crippen molar-refractivity contribution in [2.45, 2.75) is 22.9 Å². The summed E-state index contributed by atoms with van der Waals surface area (Å²) in [6, 6.07) is 21.9. The van der Waals surface area contributed by atoms with Crippen LogP contribution in [0.4, 0.5) is 0 Å². The van der Waals surface area contributed by atoms with Gasteiger partial charge in [-0.2, -0.15) is 0 Å². The molecule has 4 aromatic rings. The number of ether oxygens (including phenoxy) is 3. The Hall–Kier alpha value is -3.58. The zero-order valence-electron chi connectivity index (χ0n) is 18.8. The van der Waals surface area contributed by atoms with E-state index >= 15 is 0 Å². The molecule has 170 valence electrons. The van der Waals surface area contributed by atoms with Gasteiger partial charge in [0.05, 0.1) is 32.8 Å². The van der Waals surface area contributed by atoms with Crippen LogP contribution in [0.25, 0.3) is 10.9 Å². The predicted octanol–water partition coefficient (Wildman–Crippen LogP) is 5.20. The summed E-state index contributed by atoms with van der Waals surface area (Å²) in [5.41, 5.74) is 2.86. The van der Waals surface area contributed by atoms with Crippen LogP contribution in [0, 0.1) is 0 Å². The van der Waals surface area contributed by atoms with Gasteiger partial charge in [0.25, 0.3) is 0 Å². The number of amides is 1. The van der Waals surface area contributed by atoms with E-state index < -0.39 is 0 Å². The Bertz CT molecular complexity index is 1230. The lowest BCUT2D eigenvalue weighted by atomic mass is 10.1. The van der Waals surface area contributed by atoms with Crippen molar-refractivity contribution in [3.8, 4) is 17.2 Å². The second-order valence-electron chi connectivity index (χ2n) is 7.38. The molecule has 1 amide bonds. The van der Waals surface area contributed by atoms with Crippen molar-refractivity contribution in [2.75, 3.05) is 21.3 Å². The number of benzene rings is 3. The number of hydrogen-bond donors (Lipinski definition) is 2. The van der Waals surface area contributed by atoms with Crippen LogP contribution in [0.1, 0.15) is 11.1 Å². The summed E-state index contributed by atoms with van der Waals surface area (Å²) < 4.78 is 16.2. The van der Waals surface area contributed by atoms with E-state index in [1.54, 1.807) is 33.1 Å². The molecular weight excluding hydrogens is 436 g/mol. The minimum Gasteiger partial charge on any atom is -0.493 e. The third-order valence-electron chi connectivity index (χ3n) is 5.29. The smallest absolute Gasteiger partial charge is 0.224 e. The Kier molecular flexibility index (Phi) is 7.10. The van der Waals surface area contributed by atoms with E-state index in [2.05, 4.69) is 22.4 Å². The zero-order valence-corrected chi connectivity index (χ0v) is 19.6. The number of nitrogens with one attached hydrogen (secondary N) is 2. The van der Waals surface area contributed by atoms with Crippen molar-refractivity contribution in [3.05, 3.63) is 77.9 Å². The van der Waals surface area contributed by atoms with E-state index in [1.165, 1.54) is 0 Å². The second-order valence-corrected chi connectivity index (χ2v) is 8.46. The molecule has 0 aliphatic heterocycles. The lowest BCUT2D eigenvalue weighted by molar-refractivity contribution is -0.120. The fourth-order valence-electron chi connectivity index (χ4n) is 3.71. The molecule has 6 nitrogen and oxygen atoms in total. The van der Waals surface area contributed by atoms with E-state index in [0.29, 0.717) is 23.8 Å². The van der Waals surface area contributed by atoms with E-state index in [9.17, 15) is 4.79 Å². The van der Waals surface area contributed by atoms with Gasteiger partial charge in [0.1, 0.15) is 0 Å². The Labute approximate surface area is 197 Å². The lowest BCUT2D eigenvalue weighted by Crippen LogP contribution is -2.24. The molecule has 0 unspecified atom stereocenters. The average molecular weight is 463 g/mol. The summed E-state index contributed by atoms with van der Waals surface area (Å²) in [7, 11) is 4.71. The van der Waals surface area contributed by atoms with Crippen molar-refractivity contribution >= 4 is 28.6 Å². The number of carbonyl (C=O) groups excluding carboxylic acids is 1. The Morgan fingerprint density at radius 3 is 2.24 bits per heavy atom. The molecule has 1 heterocycles. The quantitative estimate of drug-likeness (QED) is 0.358. The molecule has 0 aliphatic carbocycles. The molecule has 7 heteroatoms. The molecule has 2 N–H and O–H groups in total. The molecule has 0 saturated carbocycles. The molecule has 33 heavy (non-hydrogen) atoms. The first-order valence-electron chi connectivity index (χ1n) is 10.5. The number of methoxy groups -OCH3 is 3. The van der Waals surface area contributed by atoms with Gasteiger partial charge in [0.2, 0.25) is 11.7 Å². The van der Waals surface area contributed by atoms with Crippen molar-refractivity contribution in [3.63, 3.8) is 0 Å². The highest BCUT2D eigenvalue weighted by Gasteiger charge is 2.17. The SMILES string of the molecule is COc1cc(CNC(=O)Cc2c(Sc3ccccc3)[nH]c3ccccc23)cc(OC)c1OC. The van der Waals surface area contributed by atoms with Crippen LogP contribution in [0.3, 0.4) is 0 Å². The molecule has 0 fully saturated rings. The maximum absolute atomic E-state index is 12.9. The van der Waals surface area contributed by atoms with Gasteiger partial charge in [-0.1, -0.05) is 48.2 Å². The Morgan fingerprint density at radius 1 is 0.909 bits per heavy atom. The van der Waals surface area contributed by atoms with Crippen molar-refractivity contribution in [2.24, 2.45) is 0 Å². The van der Waals surface area contributed by atoms with E-state index in [0.717, 1.165) is 32.0 Å². The van der Waals surface area contributed by atoms with Crippen LogP contribution < -0.4 is 19.5 Å². The molecule has 0 bridgehead atoms. The summed E-state index contributed by atoms with van der Waals surface area (Å²) in [5, 5.41) is 5.05. The third-order valence-corrected chi connectivity index (χ3v) is 6.35.